The molecule has 3 aromatic rings. The summed E-state index contributed by atoms with van der Waals surface area (Å²) in [6.07, 6.45) is 9.85. The molecule has 1 aliphatic carbocycles. The molecule has 0 spiro atoms. The molecule has 5 heteroatoms. The number of hydrogen-bond donors (Lipinski definition) is 4. The normalized spacial score (nSPS) is 12.7. The maximum Gasteiger partial charge on any atom is -0.00369 e. The average molecular weight is 471 g/mol. The van der Waals surface area contributed by atoms with Crippen molar-refractivity contribution in [1.82, 2.24) is 10.6 Å². The highest BCUT2D eigenvalue weighted by Gasteiger charge is 2.13. The number of nitrogens with two attached hydrogens (primary N) is 2. The molecule has 0 unspecified atom stereocenters. The Bertz CT molecular complexity index is 932. The Kier molecular flexibility index (Phi) is 13.4. The SMILES string of the molecule is Cl.NCCCNCCCCNCCCN.c1ccc2c(c1)ccc1c3c(ccc12)CCCC3. The third kappa shape index (κ3) is 8.55. The molecule has 3 aromatic carbocycles. The Morgan fingerprint density at radius 3 is 1.91 bits per heavy atom. The van der Waals surface area contributed by atoms with Gasteiger partial charge in [-0.3, -0.25) is 0 Å². The minimum Gasteiger partial charge on any atom is -0.330 e. The van der Waals surface area contributed by atoms with E-state index < -0.39 is 0 Å². The third-order valence-electron chi connectivity index (χ3n) is 6.33. The van der Waals surface area contributed by atoms with E-state index >= 15 is 0 Å². The highest BCUT2D eigenvalue weighted by Crippen LogP contribution is 2.33. The van der Waals surface area contributed by atoms with Crippen molar-refractivity contribution in [3.8, 4) is 0 Å². The first-order chi connectivity index (χ1) is 15.8. The van der Waals surface area contributed by atoms with Crippen molar-refractivity contribution >= 4 is 34.0 Å². The summed E-state index contributed by atoms with van der Waals surface area (Å²) in [5.41, 5.74) is 13.9. The van der Waals surface area contributed by atoms with Gasteiger partial charge in [0.15, 0.2) is 0 Å². The lowest BCUT2D eigenvalue weighted by Gasteiger charge is -2.18. The van der Waals surface area contributed by atoms with Crippen LogP contribution in [0.5, 0.6) is 0 Å². The van der Waals surface area contributed by atoms with Crippen LogP contribution in [-0.2, 0) is 12.8 Å². The lowest BCUT2D eigenvalue weighted by atomic mass is 9.86. The lowest BCUT2D eigenvalue weighted by molar-refractivity contribution is 0.570. The molecule has 0 amide bonds. The molecule has 1 aliphatic rings. The molecule has 0 bridgehead atoms. The van der Waals surface area contributed by atoms with Crippen LogP contribution in [0.15, 0.2) is 48.5 Å². The molecule has 33 heavy (non-hydrogen) atoms. The van der Waals surface area contributed by atoms with E-state index in [1.54, 1.807) is 11.1 Å². The number of aryl methyl sites for hydroxylation is 2. The molecule has 0 atom stereocenters. The lowest BCUT2D eigenvalue weighted by Crippen LogP contribution is -2.22. The summed E-state index contributed by atoms with van der Waals surface area (Å²) in [5.74, 6) is 0. The summed E-state index contributed by atoms with van der Waals surface area (Å²) >= 11 is 0. The first-order valence-corrected chi connectivity index (χ1v) is 12.6. The van der Waals surface area contributed by atoms with Gasteiger partial charge < -0.3 is 22.1 Å². The largest absolute Gasteiger partial charge is 0.330 e. The second-order valence-corrected chi connectivity index (χ2v) is 8.78. The zero-order chi connectivity index (χ0) is 22.4. The molecule has 0 aromatic heterocycles. The summed E-state index contributed by atoms with van der Waals surface area (Å²) in [4.78, 5) is 0. The van der Waals surface area contributed by atoms with Crippen LogP contribution >= 0.6 is 12.4 Å². The summed E-state index contributed by atoms with van der Waals surface area (Å²) in [5, 5.41) is 12.4. The van der Waals surface area contributed by atoms with Gasteiger partial charge in [-0.15, -0.1) is 12.4 Å². The van der Waals surface area contributed by atoms with E-state index in [1.165, 1.54) is 60.1 Å². The van der Waals surface area contributed by atoms with Gasteiger partial charge >= 0.3 is 0 Å². The maximum absolute atomic E-state index is 5.38. The Labute approximate surface area is 206 Å². The summed E-state index contributed by atoms with van der Waals surface area (Å²) in [6.45, 7) is 5.90. The van der Waals surface area contributed by atoms with Gasteiger partial charge in [0.2, 0.25) is 0 Å². The molecule has 0 fully saturated rings. The van der Waals surface area contributed by atoms with Gasteiger partial charge in [-0.05, 0) is 123 Å². The Morgan fingerprint density at radius 2 is 1.21 bits per heavy atom. The topological polar surface area (TPSA) is 76.1 Å². The highest BCUT2D eigenvalue weighted by molar-refractivity contribution is 6.08. The molecule has 182 valence electrons. The van der Waals surface area contributed by atoms with E-state index in [0.717, 1.165) is 52.1 Å². The minimum atomic E-state index is 0. The van der Waals surface area contributed by atoms with Gasteiger partial charge in [-0.2, -0.15) is 0 Å². The number of nitrogens with one attached hydrogen (secondary N) is 2. The van der Waals surface area contributed by atoms with Crippen LogP contribution in [-0.4, -0.2) is 39.3 Å². The van der Waals surface area contributed by atoms with Crippen LogP contribution in [0.3, 0.4) is 0 Å². The van der Waals surface area contributed by atoms with Crippen LogP contribution in [0.1, 0.15) is 49.7 Å². The van der Waals surface area contributed by atoms with Crippen LogP contribution in [0.25, 0.3) is 21.5 Å². The smallest absolute Gasteiger partial charge is 0.00369 e. The maximum atomic E-state index is 5.38. The average Bonchev–Trinajstić information content (AvgIpc) is 2.85. The van der Waals surface area contributed by atoms with Gasteiger partial charge in [-0.1, -0.05) is 48.5 Å². The van der Waals surface area contributed by atoms with Gasteiger partial charge in [0.05, 0.1) is 0 Å². The predicted molar refractivity (Wildman–Crippen MR) is 148 cm³/mol. The zero-order valence-electron chi connectivity index (χ0n) is 20.1. The van der Waals surface area contributed by atoms with Crippen molar-refractivity contribution in [3.63, 3.8) is 0 Å². The fraction of sp³-hybridized carbons (Fsp3) is 0.500. The van der Waals surface area contributed by atoms with Crippen molar-refractivity contribution in [2.75, 3.05) is 39.3 Å². The van der Waals surface area contributed by atoms with Gasteiger partial charge in [0, 0.05) is 0 Å². The number of halogens is 1. The van der Waals surface area contributed by atoms with Crippen LogP contribution in [0.2, 0.25) is 0 Å². The van der Waals surface area contributed by atoms with Gasteiger partial charge in [-0.25, -0.2) is 0 Å². The van der Waals surface area contributed by atoms with E-state index in [0.29, 0.717) is 0 Å². The second kappa shape index (κ2) is 16.0. The molecule has 6 N–H and O–H groups in total. The summed E-state index contributed by atoms with van der Waals surface area (Å²) < 4.78 is 0. The Hall–Kier alpha value is -1.69. The molecule has 0 heterocycles. The van der Waals surface area contributed by atoms with Crippen molar-refractivity contribution in [1.29, 1.82) is 0 Å². The Balaban J connectivity index is 0.000000236. The van der Waals surface area contributed by atoms with E-state index in [1.807, 2.05) is 0 Å². The number of hydrogen-bond acceptors (Lipinski definition) is 4. The summed E-state index contributed by atoms with van der Waals surface area (Å²) in [6, 6.07) is 18.0. The highest BCUT2D eigenvalue weighted by atomic mass is 35.5. The zero-order valence-corrected chi connectivity index (χ0v) is 20.9. The van der Waals surface area contributed by atoms with Crippen molar-refractivity contribution in [2.45, 2.75) is 51.4 Å². The monoisotopic (exact) mass is 470 g/mol. The van der Waals surface area contributed by atoms with Crippen molar-refractivity contribution < 1.29 is 0 Å². The van der Waals surface area contributed by atoms with E-state index in [4.69, 9.17) is 11.5 Å². The van der Waals surface area contributed by atoms with E-state index in [9.17, 15) is 0 Å². The molecule has 0 radical (unpaired) electrons. The first-order valence-electron chi connectivity index (χ1n) is 12.6. The Morgan fingerprint density at radius 1 is 0.606 bits per heavy atom. The van der Waals surface area contributed by atoms with Crippen LogP contribution in [0, 0.1) is 0 Å². The molecule has 0 aliphatic heterocycles. The van der Waals surface area contributed by atoms with E-state index in [-0.39, 0.29) is 12.4 Å². The third-order valence-corrected chi connectivity index (χ3v) is 6.33. The van der Waals surface area contributed by atoms with Crippen LogP contribution in [0.4, 0.5) is 0 Å². The standard InChI is InChI=1S/C18H16.C10H26N4.ClH/c1-3-7-15-13(5-1)9-11-18-16-8-4-2-6-14(16)10-12-17(15)18;11-5-3-9-13-7-1-2-8-14-10-4-6-12;/h1,3,5,7,9-12H,2,4,6,8H2;13-14H,1-12H2;1H. The summed E-state index contributed by atoms with van der Waals surface area (Å²) in [7, 11) is 0. The number of unbranched alkanes of at least 4 members (excludes halogenated alkanes) is 1. The molecule has 4 rings (SSSR count). The number of rotatable bonds is 11. The fourth-order valence-electron chi connectivity index (χ4n) is 4.55. The molecular formula is C28H43ClN4. The van der Waals surface area contributed by atoms with Gasteiger partial charge in [0.25, 0.3) is 0 Å². The number of benzene rings is 3. The van der Waals surface area contributed by atoms with Crippen molar-refractivity contribution in [2.24, 2.45) is 11.5 Å². The quantitative estimate of drug-likeness (QED) is 0.236. The minimum absolute atomic E-state index is 0. The van der Waals surface area contributed by atoms with Crippen molar-refractivity contribution in [3.05, 3.63) is 59.7 Å². The molecule has 0 saturated carbocycles. The van der Waals surface area contributed by atoms with Crippen LogP contribution < -0.4 is 22.1 Å². The molecule has 0 saturated heterocycles. The molecular weight excluding hydrogens is 428 g/mol. The predicted octanol–water partition coefficient (Wildman–Crippen LogP) is 4.94. The molecule has 4 nitrogen and oxygen atoms in total. The first kappa shape index (κ1) is 27.6. The van der Waals surface area contributed by atoms with E-state index in [2.05, 4.69) is 59.2 Å². The number of fused-ring (bicyclic) bond motifs is 5. The second-order valence-electron chi connectivity index (χ2n) is 8.78. The fourth-order valence-corrected chi connectivity index (χ4v) is 4.55. The van der Waals surface area contributed by atoms with Gasteiger partial charge in [0.1, 0.15) is 0 Å².